The predicted molar refractivity (Wildman–Crippen MR) is 133 cm³/mol. The minimum atomic E-state index is -1.20. The summed E-state index contributed by atoms with van der Waals surface area (Å²) in [6.07, 6.45) is 2.72. The molecule has 0 saturated heterocycles. The molecule has 0 N–H and O–H groups in total. The van der Waals surface area contributed by atoms with E-state index in [0.29, 0.717) is 37.0 Å². The number of hydrogen-bond acceptors (Lipinski definition) is 8. The van der Waals surface area contributed by atoms with E-state index in [0.717, 1.165) is 0 Å². The Labute approximate surface area is 211 Å². The first-order valence-electron chi connectivity index (χ1n) is 12.9. The van der Waals surface area contributed by atoms with Gasteiger partial charge >= 0.3 is 23.9 Å². The summed E-state index contributed by atoms with van der Waals surface area (Å²) in [5.41, 5.74) is -1.20. The molecule has 0 heterocycles. The molecular formula is C27H48O8. The zero-order valence-corrected chi connectivity index (χ0v) is 23.1. The molecule has 0 aliphatic heterocycles. The van der Waals surface area contributed by atoms with Gasteiger partial charge in [-0.25, -0.2) is 0 Å². The zero-order chi connectivity index (χ0) is 27.0. The van der Waals surface area contributed by atoms with Crippen molar-refractivity contribution in [3.8, 4) is 0 Å². The van der Waals surface area contributed by atoms with Crippen LogP contribution in [0.15, 0.2) is 0 Å². The zero-order valence-electron chi connectivity index (χ0n) is 23.1. The molecular weight excluding hydrogens is 452 g/mol. The van der Waals surface area contributed by atoms with Crippen LogP contribution in [0.2, 0.25) is 0 Å². The summed E-state index contributed by atoms with van der Waals surface area (Å²) < 4.78 is 21.9. The number of hydrogen-bond donors (Lipinski definition) is 0. The number of carbonyl (C=O) groups excluding carboxylic acids is 4. The fraction of sp³-hybridized carbons (Fsp3) is 0.852. The molecule has 0 fully saturated rings. The van der Waals surface area contributed by atoms with Crippen molar-refractivity contribution >= 4 is 23.9 Å². The smallest absolute Gasteiger partial charge is 0.308 e. The molecule has 0 atom stereocenters. The maximum atomic E-state index is 12.3. The van der Waals surface area contributed by atoms with E-state index in [9.17, 15) is 19.2 Å². The second-order valence-electron chi connectivity index (χ2n) is 11.0. The summed E-state index contributed by atoms with van der Waals surface area (Å²) in [5.74, 6) is -1.03. The SMILES string of the molecule is CC(C)CCC(=O)OCC(COC(=O)CCC(C)C)(COC(=O)CCC(C)C)COC(=O)C(C)C. The van der Waals surface area contributed by atoms with E-state index in [1.54, 1.807) is 13.8 Å². The van der Waals surface area contributed by atoms with Gasteiger partial charge in [0.05, 0.1) is 5.92 Å². The lowest BCUT2D eigenvalue weighted by Gasteiger charge is -2.32. The third-order valence-corrected chi connectivity index (χ3v) is 5.39. The number of rotatable bonds is 18. The van der Waals surface area contributed by atoms with Crippen molar-refractivity contribution in [3.63, 3.8) is 0 Å². The molecule has 0 amide bonds. The first-order chi connectivity index (χ1) is 16.3. The third kappa shape index (κ3) is 17.0. The molecule has 0 aromatic carbocycles. The van der Waals surface area contributed by atoms with Crippen LogP contribution in [0.3, 0.4) is 0 Å². The van der Waals surface area contributed by atoms with Crippen LogP contribution in [0, 0.1) is 29.1 Å². The Morgan fingerprint density at radius 2 is 0.800 bits per heavy atom. The van der Waals surface area contributed by atoms with Gasteiger partial charge in [0.15, 0.2) is 0 Å². The Bertz CT molecular complexity index is 582. The van der Waals surface area contributed by atoms with Crippen LogP contribution in [0.4, 0.5) is 0 Å². The second kappa shape index (κ2) is 17.3. The Morgan fingerprint density at radius 1 is 0.514 bits per heavy atom. The molecule has 0 radical (unpaired) electrons. The van der Waals surface area contributed by atoms with Crippen molar-refractivity contribution in [3.05, 3.63) is 0 Å². The van der Waals surface area contributed by atoms with Gasteiger partial charge in [0.1, 0.15) is 31.8 Å². The van der Waals surface area contributed by atoms with Gasteiger partial charge in [-0.05, 0) is 37.0 Å². The van der Waals surface area contributed by atoms with Gasteiger partial charge in [-0.3, -0.25) is 19.2 Å². The van der Waals surface area contributed by atoms with Crippen LogP contribution in [-0.2, 0) is 38.1 Å². The van der Waals surface area contributed by atoms with Crippen molar-refractivity contribution in [1.29, 1.82) is 0 Å². The summed E-state index contributed by atoms with van der Waals surface area (Å²) in [5, 5.41) is 0. The van der Waals surface area contributed by atoms with E-state index in [1.807, 2.05) is 41.5 Å². The Kier molecular flexibility index (Phi) is 16.3. The first kappa shape index (κ1) is 32.9. The number of carbonyl (C=O) groups is 4. The first-order valence-corrected chi connectivity index (χ1v) is 12.9. The van der Waals surface area contributed by atoms with Crippen LogP contribution < -0.4 is 0 Å². The minimum Gasteiger partial charge on any atom is -0.465 e. The van der Waals surface area contributed by atoms with Crippen LogP contribution in [0.5, 0.6) is 0 Å². The molecule has 0 unspecified atom stereocenters. The van der Waals surface area contributed by atoms with Crippen molar-refractivity contribution in [2.45, 2.75) is 93.9 Å². The molecule has 35 heavy (non-hydrogen) atoms. The third-order valence-electron chi connectivity index (χ3n) is 5.39. The molecule has 0 aromatic heterocycles. The second-order valence-corrected chi connectivity index (χ2v) is 11.0. The molecule has 0 aliphatic carbocycles. The van der Waals surface area contributed by atoms with Gasteiger partial charge in [0, 0.05) is 19.3 Å². The normalized spacial score (nSPS) is 11.8. The topological polar surface area (TPSA) is 105 Å². The van der Waals surface area contributed by atoms with Gasteiger partial charge in [-0.1, -0.05) is 55.4 Å². The molecule has 0 aromatic rings. The maximum absolute atomic E-state index is 12.3. The van der Waals surface area contributed by atoms with Crippen molar-refractivity contribution in [2.75, 3.05) is 26.4 Å². The maximum Gasteiger partial charge on any atom is 0.308 e. The van der Waals surface area contributed by atoms with Crippen molar-refractivity contribution < 1.29 is 38.1 Å². The van der Waals surface area contributed by atoms with E-state index >= 15 is 0 Å². The summed E-state index contributed by atoms with van der Waals surface area (Å²) in [7, 11) is 0. The van der Waals surface area contributed by atoms with E-state index in [4.69, 9.17) is 18.9 Å². The summed E-state index contributed by atoms with van der Waals surface area (Å²) in [4.78, 5) is 49.2. The number of ether oxygens (including phenoxy) is 4. The Hall–Kier alpha value is -2.12. The molecule has 8 nitrogen and oxygen atoms in total. The number of esters is 4. The molecule has 0 spiro atoms. The lowest BCUT2D eigenvalue weighted by atomic mass is 9.92. The highest BCUT2D eigenvalue weighted by Gasteiger charge is 2.38. The van der Waals surface area contributed by atoms with E-state index in [2.05, 4.69) is 0 Å². The van der Waals surface area contributed by atoms with E-state index in [1.165, 1.54) is 0 Å². The average molecular weight is 501 g/mol. The molecule has 0 rings (SSSR count). The lowest BCUT2D eigenvalue weighted by Crippen LogP contribution is -2.44. The standard InChI is InChI=1S/C27H48O8/c1-19(2)9-12-23(28)32-15-27(18-35-26(31)22(7)8,16-33-24(29)13-10-20(3)4)17-34-25(30)14-11-21(5)6/h19-22H,9-18H2,1-8H3. The minimum absolute atomic E-state index is 0.204. The largest absolute Gasteiger partial charge is 0.465 e. The van der Waals surface area contributed by atoms with Crippen LogP contribution in [-0.4, -0.2) is 50.3 Å². The fourth-order valence-corrected chi connectivity index (χ4v) is 2.78. The van der Waals surface area contributed by atoms with Gasteiger partial charge < -0.3 is 18.9 Å². The van der Waals surface area contributed by atoms with Gasteiger partial charge in [-0.15, -0.1) is 0 Å². The monoisotopic (exact) mass is 500 g/mol. The summed E-state index contributed by atoms with van der Waals surface area (Å²) in [6.45, 7) is 14.6. The van der Waals surface area contributed by atoms with Gasteiger partial charge in [0.2, 0.25) is 0 Å². The molecule has 0 bridgehead atoms. The van der Waals surface area contributed by atoms with Crippen molar-refractivity contribution in [1.82, 2.24) is 0 Å². The molecule has 0 saturated carbocycles. The Morgan fingerprint density at radius 3 is 1.06 bits per heavy atom. The van der Waals surface area contributed by atoms with Crippen LogP contribution >= 0.6 is 0 Å². The molecule has 8 heteroatoms. The highest BCUT2D eigenvalue weighted by atomic mass is 16.6. The predicted octanol–water partition coefficient (Wildman–Crippen LogP) is 5.11. The van der Waals surface area contributed by atoms with E-state index < -0.39 is 29.3 Å². The highest BCUT2D eigenvalue weighted by molar-refractivity contribution is 5.72. The lowest BCUT2D eigenvalue weighted by molar-refractivity contribution is -0.172. The van der Waals surface area contributed by atoms with Crippen LogP contribution in [0.1, 0.15) is 93.9 Å². The Balaban J connectivity index is 5.55. The summed E-state index contributed by atoms with van der Waals surface area (Å²) in [6, 6.07) is 0. The van der Waals surface area contributed by atoms with Gasteiger partial charge in [-0.2, -0.15) is 0 Å². The van der Waals surface area contributed by atoms with Crippen LogP contribution in [0.25, 0.3) is 0 Å². The molecule has 0 aliphatic rings. The molecule has 204 valence electrons. The highest BCUT2D eigenvalue weighted by Crippen LogP contribution is 2.23. The van der Waals surface area contributed by atoms with E-state index in [-0.39, 0.29) is 51.6 Å². The summed E-state index contributed by atoms with van der Waals surface area (Å²) >= 11 is 0. The average Bonchev–Trinajstić information content (AvgIpc) is 2.78. The fourth-order valence-electron chi connectivity index (χ4n) is 2.78. The quantitative estimate of drug-likeness (QED) is 0.189. The van der Waals surface area contributed by atoms with Crippen molar-refractivity contribution in [2.24, 2.45) is 29.1 Å². The van der Waals surface area contributed by atoms with Gasteiger partial charge in [0.25, 0.3) is 0 Å².